The van der Waals surface area contributed by atoms with E-state index < -0.39 is 11.9 Å². The molecule has 3 heterocycles. The first kappa shape index (κ1) is 16.0. The van der Waals surface area contributed by atoms with E-state index in [0.29, 0.717) is 38.2 Å². The number of hydrogen-bond donors (Lipinski definition) is 1. The molecule has 130 valence electrons. The van der Waals surface area contributed by atoms with Gasteiger partial charge in [0.1, 0.15) is 0 Å². The van der Waals surface area contributed by atoms with Gasteiger partial charge in [0.25, 0.3) is 5.91 Å². The van der Waals surface area contributed by atoms with Gasteiger partial charge in [0.2, 0.25) is 0 Å². The second kappa shape index (κ2) is 6.11. The lowest BCUT2D eigenvalue weighted by Crippen LogP contribution is -2.40. The minimum atomic E-state index is -0.822. The summed E-state index contributed by atoms with van der Waals surface area (Å²) in [7, 11) is 0. The minimum Gasteiger partial charge on any atom is -0.481 e. The van der Waals surface area contributed by atoms with Crippen molar-refractivity contribution in [1.29, 1.82) is 0 Å². The first-order chi connectivity index (χ1) is 12.1. The van der Waals surface area contributed by atoms with Gasteiger partial charge in [-0.25, -0.2) is 0 Å². The molecule has 1 aromatic carbocycles. The zero-order valence-electron chi connectivity index (χ0n) is 13.9. The summed E-state index contributed by atoms with van der Waals surface area (Å²) in [6.07, 6.45) is 3.00. The second-order valence-electron chi connectivity index (χ2n) is 6.93. The van der Waals surface area contributed by atoms with Gasteiger partial charge in [-0.1, -0.05) is 18.2 Å². The summed E-state index contributed by atoms with van der Waals surface area (Å²) in [6, 6.07) is 9.23. The van der Waals surface area contributed by atoms with Crippen molar-refractivity contribution in [2.45, 2.75) is 12.8 Å². The fourth-order valence-corrected chi connectivity index (χ4v) is 4.20. The summed E-state index contributed by atoms with van der Waals surface area (Å²) in [5.41, 5.74) is 0.977. The lowest BCUT2D eigenvalue weighted by molar-refractivity contribution is -0.146. The van der Waals surface area contributed by atoms with Crippen molar-refractivity contribution < 1.29 is 19.4 Å². The molecule has 2 aliphatic rings. The maximum atomic E-state index is 13.1. The third-order valence-corrected chi connectivity index (χ3v) is 5.60. The number of aromatic nitrogens is 1. The van der Waals surface area contributed by atoms with Crippen LogP contribution < -0.4 is 0 Å². The van der Waals surface area contributed by atoms with Gasteiger partial charge >= 0.3 is 5.97 Å². The van der Waals surface area contributed by atoms with E-state index in [1.165, 1.54) is 0 Å². The number of fused-ring (bicyclic) bond motifs is 1. The Balaban J connectivity index is 1.67. The van der Waals surface area contributed by atoms with Crippen LogP contribution in [0, 0.1) is 11.3 Å². The van der Waals surface area contributed by atoms with E-state index in [1.807, 2.05) is 24.3 Å². The Bertz CT molecular complexity index is 824. The Labute approximate surface area is 145 Å². The van der Waals surface area contributed by atoms with Gasteiger partial charge < -0.3 is 14.7 Å². The van der Waals surface area contributed by atoms with Gasteiger partial charge in [-0.3, -0.25) is 14.6 Å². The predicted octanol–water partition coefficient (Wildman–Crippen LogP) is 2.19. The largest absolute Gasteiger partial charge is 0.481 e. The van der Waals surface area contributed by atoms with Gasteiger partial charge in [-0.15, -0.1) is 0 Å². The molecule has 6 nitrogen and oxygen atoms in total. The molecule has 6 heteroatoms. The summed E-state index contributed by atoms with van der Waals surface area (Å²) >= 11 is 0. The molecule has 2 aromatic rings. The van der Waals surface area contributed by atoms with Crippen LogP contribution in [0.25, 0.3) is 10.9 Å². The summed E-state index contributed by atoms with van der Waals surface area (Å²) in [5.74, 6) is -1.47. The van der Waals surface area contributed by atoms with Crippen molar-refractivity contribution >= 4 is 22.8 Å². The van der Waals surface area contributed by atoms with Gasteiger partial charge in [-0.2, -0.15) is 0 Å². The molecule has 1 aromatic heterocycles. The average Bonchev–Trinajstić information content (AvgIpc) is 3.00. The normalized spacial score (nSPS) is 22.4. The number of rotatable bonds is 2. The quantitative estimate of drug-likeness (QED) is 0.906. The highest BCUT2D eigenvalue weighted by Gasteiger charge is 2.52. The number of para-hydroxylation sites is 1. The predicted molar refractivity (Wildman–Crippen MR) is 91.3 cm³/mol. The Kier molecular flexibility index (Phi) is 3.92. The highest BCUT2D eigenvalue weighted by molar-refractivity contribution is 6.06. The molecule has 4 rings (SSSR count). The van der Waals surface area contributed by atoms with Crippen LogP contribution in [-0.2, 0) is 9.53 Å². The van der Waals surface area contributed by atoms with Crippen LogP contribution in [-0.4, -0.2) is 53.2 Å². The number of carbonyl (C=O) groups is 2. The van der Waals surface area contributed by atoms with Crippen molar-refractivity contribution in [3.8, 4) is 0 Å². The lowest BCUT2D eigenvalue weighted by atomic mass is 9.72. The van der Waals surface area contributed by atoms with Gasteiger partial charge in [-0.05, 0) is 25.0 Å². The van der Waals surface area contributed by atoms with Crippen LogP contribution in [0.5, 0.6) is 0 Å². The van der Waals surface area contributed by atoms with Crippen LogP contribution in [0.2, 0.25) is 0 Å². The van der Waals surface area contributed by atoms with Crippen LogP contribution in [0.1, 0.15) is 23.2 Å². The summed E-state index contributed by atoms with van der Waals surface area (Å²) < 4.78 is 5.42. The van der Waals surface area contributed by atoms with Crippen molar-refractivity contribution in [1.82, 2.24) is 9.88 Å². The first-order valence-corrected chi connectivity index (χ1v) is 8.54. The smallest absolute Gasteiger partial charge is 0.308 e. The van der Waals surface area contributed by atoms with E-state index in [1.54, 1.807) is 17.2 Å². The first-order valence-electron chi connectivity index (χ1n) is 8.54. The number of carboxylic acid groups (broad SMARTS) is 1. The Hall–Kier alpha value is -2.47. The SMILES string of the molecule is O=C(O)C1CN(C(=O)c2ccnc3ccccc23)CC12CCOCC2. The standard InChI is InChI=1S/C19H20N2O4/c22-17(14-5-8-20-16-4-2-1-3-13(14)16)21-11-15(18(23)24)19(12-21)6-9-25-10-7-19/h1-5,8,15H,6-7,9-12H2,(H,23,24). The van der Waals surface area contributed by atoms with E-state index in [-0.39, 0.29) is 17.9 Å². The van der Waals surface area contributed by atoms with E-state index in [4.69, 9.17) is 4.74 Å². The number of aliphatic carboxylic acids is 1. The van der Waals surface area contributed by atoms with Crippen molar-refractivity contribution in [2.24, 2.45) is 11.3 Å². The second-order valence-corrected chi connectivity index (χ2v) is 6.93. The number of likely N-dealkylation sites (tertiary alicyclic amines) is 1. The molecule has 0 aliphatic carbocycles. The van der Waals surface area contributed by atoms with E-state index >= 15 is 0 Å². The van der Waals surface area contributed by atoms with E-state index in [0.717, 1.165) is 10.9 Å². The number of carbonyl (C=O) groups excluding carboxylic acids is 1. The molecule has 1 atom stereocenters. The van der Waals surface area contributed by atoms with Gasteiger partial charge in [0.15, 0.2) is 0 Å². The number of pyridine rings is 1. The molecule has 25 heavy (non-hydrogen) atoms. The van der Waals surface area contributed by atoms with E-state index in [2.05, 4.69) is 4.98 Å². The third kappa shape index (κ3) is 2.66. The monoisotopic (exact) mass is 340 g/mol. The maximum absolute atomic E-state index is 13.1. The number of nitrogens with zero attached hydrogens (tertiary/aromatic N) is 2. The number of hydrogen-bond acceptors (Lipinski definition) is 4. The van der Waals surface area contributed by atoms with Crippen LogP contribution >= 0.6 is 0 Å². The third-order valence-electron chi connectivity index (χ3n) is 5.60. The number of benzene rings is 1. The zero-order valence-corrected chi connectivity index (χ0v) is 13.9. The minimum absolute atomic E-state index is 0.117. The maximum Gasteiger partial charge on any atom is 0.308 e. The molecule has 0 saturated carbocycles. The molecular weight excluding hydrogens is 320 g/mol. The Morgan fingerprint density at radius 3 is 2.72 bits per heavy atom. The molecule has 0 radical (unpaired) electrons. The molecule has 1 unspecified atom stereocenters. The number of ether oxygens (including phenoxy) is 1. The molecule has 1 spiro atoms. The lowest BCUT2D eigenvalue weighted by Gasteiger charge is -2.36. The number of amides is 1. The van der Waals surface area contributed by atoms with Crippen LogP contribution in [0.3, 0.4) is 0 Å². The summed E-state index contributed by atoms with van der Waals surface area (Å²) in [6.45, 7) is 1.85. The fourth-order valence-electron chi connectivity index (χ4n) is 4.20. The molecule has 2 saturated heterocycles. The van der Waals surface area contributed by atoms with Crippen molar-refractivity contribution in [2.75, 3.05) is 26.3 Å². The molecule has 0 bridgehead atoms. The molecule has 2 aliphatic heterocycles. The summed E-state index contributed by atoms with van der Waals surface area (Å²) in [4.78, 5) is 30.9. The fraction of sp³-hybridized carbons (Fsp3) is 0.421. The highest BCUT2D eigenvalue weighted by atomic mass is 16.5. The Morgan fingerprint density at radius 1 is 1.20 bits per heavy atom. The van der Waals surface area contributed by atoms with Crippen LogP contribution in [0.15, 0.2) is 36.5 Å². The van der Waals surface area contributed by atoms with Crippen LogP contribution in [0.4, 0.5) is 0 Å². The highest BCUT2D eigenvalue weighted by Crippen LogP contribution is 2.44. The summed E-state index contributed by atoms with van der Waals surface area (Å²) in [5, 5.41) is 10.5. The van der Waals surface area contributed by atoms with Gasteiger partial charge in [0.05, 0.1) is 17.0 Å². The van der Waals surface area contributed by atoms with Crippen molar-refractivity contribution in [3.63, 3.8) is 0 Å². The van der Waals surface area contributed by atoms with E-state index in [9.17, 15) is 14.7 Å². The Morgan fingerprint density at radius 2 is 1.96 bits per heavy atom. The zero-order chi connectivity index (χ0) is 17.4. The average molecular weight is 340 g/mol. The molecular formula is C19H20N2O4. The number of carboxylic acids is 1. The van der Waals surface area contributed by atoms with Gasteiger partial charge in [0, 0.05) is 43.3 Å². The molecule has 2 fully saturated rings. The molecule has 1 N–H and O–H groups in total. The topological polar surface area (TPSA) is 79.7 Å². The molecule has 1 amide bonds. The van der Waals surface area contributed by atoms with Crippen molar-refractivity contribution in [3.05, 3.63) is 42.1 Å².